The first-order valence-corrected chi connectivity index (χ1v) is 9.11. The van der Waals surface area contributed by atoms with Crippen molar-refractivity contribution in [2.45, 2.75) is 18.9 Å². The number of hydrogen-bond donors (Lipinski definition) is 2. The number of carboxylic acid groups (broad SMARTS) is 1. The summed E-state index contributed by atoms with van der Waals surface area (Å²) in [5.41, 5.74) is 1.48. The summed E-state index contributed by atoms with van der Waals surface area (Å²) in [5.74, 6) is -0.467. The van der Waals surface area contributed by atoms with E-state index < -0.39 is 17.9 Å². The second-order valence-corrected chi connectivity index (χ2v) is 6.59. The number of carbonyl (C=O) groups is 2. The van der Waals surface area contributed by atoms with Crippen molar-refractivity contribution in [3.05, 3.63) is 53.1 Å². The molecule has 0 saturated heterocycles. The van der Waals surface area contributed by atoms with Crippen molar-refractivity contribution in [2.75, 3.05) is 26.1 Å². The van der Waals surface area contributed by atoms with Gasteiger partial charge in [0.05, 0.1) is 33.2 Å². The van der Waals surface area contributed by atoms with Gasteiger partial charge in [0.15, 0.2) is 11.5 Å². The van der Waals surface area contributed by atoms with Gasteiger partial charge in [-0.05, 0) is 35.9 Å². The molecule has 1 amide bonds. The monoisotopic (exact) mass is 406 g/mol. The summed E-state index contributed by atoms with van der Waals surface area (Å²) >= 11 is 5.87. The summed E-state index contributed by atoms with van der Waals surface area (Å²) < 4.78 is 10.5. The molecule has 0 radical (unpaired) electrons. The van der Waals surface area contributed by atoms with Crippen LogP contribution in [0.2, 0.25) is 5.02 Å². The minimum atomic E-state index is -1.28. The van der Waals surface area contributed by atoms with Gasteiger partial charge in [0, 0.05) is 17.1 Å². The molecule has 150 valence electrons. The molecule has 0 aliphatic rings. The standard InChI is InChI=1S/C20H23ClN2O5/c1-27-17-7-6-13(10-18(17)28-2)8-9-22-16(20(25)26)12-19(24)23-15-5-3-4-14(21)11-15/h3-7,10-11,16,22H,8-9,12H2,1-2H3,(H,23,24)(H,25,26)/t16-/m0/s1. The second kappa shape index (κ2) is 10.5. The lowest BCUT2D eigenvalue weighted by Gasteiger charge is -2.17. The number of nitrogens with one attached hydrogen (secondary N) is 1. The van der Waals surface area contributed by atoms with Crippen LogP contribution in [-0.4, -0.2) is 38.7 Å². The predicted molar refractivity (Wildman–Crippen MR) is 104 cm³/mol. The molecule has 8 heteroatoms. The number of methoxy groups -OCH3 is 2. The van der Waals surface area contributed by atoms with Crippen LogP contribution < -0.4 is 25.2 Å². The lowest BCUT2D eigenvalue weighted by atomic mass is 10.1. The predicted octanol–water partition coefficient (Wildman–Crippen LogP) is 0.610. The summed E-state index contributed by atoms with van der Waals surface area (Å²) in [6, 6.07) is 11.2. The van der Waals surface area contributed by atoms with Crippen molar-refractivity contribution in [3.8, 4) is 11.5 Å². The van der Waals surface area contributed by atoms with Gasteiger partial charge in [0.25, 0.3) is 0 Å². The Morgan fingerprint density at radius 1 is 1.14 bits per heavy atom. The van der Waals surface area contributed by atoms with Crippen molar-refractivity contribution in [2.24, 2.45) is 0 Å². The van der Waals surface area contributed by atoms with Gasteiger partial charge in [0.2, 0.25) is 5.91 Å². The Hall–Kier alpha value is -2.77. The molecular formula is C20H23ClN2O5. The van der Waals surface area contributed by atoms with Gasteiger partial charge in [-0.15, -0.1) is 0 Å². The van der Waals surface area contributed by atoms with Crippen molar-refractivity contribution >= 4 is 29.2 Å². The van der Waals surface area contributed by atoms with E-state index in [0.29, 0.717) is 35.2 Å². The highest BCUT2D eigenvalue weighted by atomic mass is 35.5. The molecule has 0 fully saturated rings. The van der Waals surface area contributed by atoms with Crippen molar-refractivity contribution in [1.82, 2.24) is 0 Å². The SMILES string of the molecule is COc1ccc(CC[NH2+][C@@H](CC(=O)Nc2cccc(Cl)c2)C(=O)[O-])cc1OC. The molecule has 2 rings (SSSR count). The zero-order valence-electron chi connectivity index (χ0n) is 15.7. The number of halogens is 1. The molecule has 0 unspecified atom stereocenters. The van der Waals surface area contributed by atoms with E-state index in [9.17, 15) is 14.7 Å². The first kappa shape index (κ1) is 21.5. The normalized spacial score (nSPS) is 11.5. The van der Waals surface area contributed by atoms with E-state index in [1.54, 1.807) is 49.9 Å². The Kier molecular flexibility index (Phi) is 8.10. The van der Waals surface area contributed by atoms with Gasteiger partial charge in [0.1, 0.15) is 6.04 Å². The van der Waals surface area contributed by atoms with Crippen LogP contribution in [0.3, 0.4) is 0 Å². The summed E-state index contributed by atoms with van der Waals surface area (Å²) in [5, 5.41) is 16.1. The van der Waals surface area contributed by atoms with E-state index in [1.807, 2.05) is 12.1 Å². The maximum Gasteiger partial charge on any atom is 0.230 e. The van der Waals surface area contributed by atoms with Gasteiger partial charge in [-0.3, -0.25) is 4.79 Å². The maximum atomic E-state index is 12.1. The van der Waals surface area contributed by atoms with E-state index in [0.717, 1.165) is 5.56 Å². The summed E-state index contributed by atoms with van der Waals surface area (Å²) in [4.78, 5) is 23.5. The molecule has 0 aliphatic carbocycles. The number of carbonyl (C=O) groups excluding carboxylic acids is 2. The number of rotatable bonds is 10. The zero-order chi connectivity index (χ0) is 20.5. The molecular weight excluding hydrogens is 384 g/mol. The Labute approximate surface area is 168 Å². The Morgan fingerprint density at radius 3 is 2.54 bits per heavy atom. The Bertz CT molecular complexity index is 828. The van der Waals surface area contributed by atoms with Crippen LogP contribution in [0.4, 0.5) is 5.69 Å². The van der Waals surface area contributed by atoms with E-state index >= 15 is 0 Å². The largest absolute Gasteiger partial charge is 0.544 e. The molecule has 28 heavy (non-hydrogen) atoms. The number of amides is 1. The number of carboxylic acids is 1. The Morgan fingerprint density at radius 2 is 1.89 bits per heavy atom. The highest BCUT2D eigenvalue weighted by molar-refractivity contribution is 6.30. The van der Waals surface area contributed by atoms with E-state index in [-0.39, 0.29) is 6.42 Å². The number of aliphatic carboxylic acids is 1. The average Bonchev–Trinajstić information content (AvgIpc) is 2.66. The van der Waals surface area contributed by atoms with Gasteiger partial charge >= 0.3 is 0 Å². The average molecular weight is 407 g/mol. The van der Waals surface area contributed by atoms with Crippen molar-refractivity contribution in [1.29, 1.82) is 0 Å². The van der Waals surface area contributed by atoms with Crippen LogP contribution in [0.5, 0.6) is 11.5 Å². The second-order valence-electron chi connectivity index (χ2n) is 6.15. The van der Waals surface area contributed by atoms with E-state index in [1.165, 1.54) is 0 Å². The fourth-order valence-corrected chi connectivity index (χ4v) is 2.92. The topological polar surface area (TPSA) is 104 Å². The van der Waals surface area contributed by atoms with Gasteiger partial charge in [-0.1, -0.05) is 23.7 Å². The van der Waals surface area contributed by atoms with Crippen LogP contribution in [0.25, 0.3) is 0 Å². The van der Waals surface area contributed by atoms with Gasteiger partial charge in [-0.25, -0.2) is 0 Å². The van der Waals surface area contributed by atoms with E-state index in [2.05, 4.69) is 5.32 Å². The van der Waals surface area contributed by atoms with Crippen molar-refractivity contribution in [3.63, 3.8) is 0 Å². The fraction of sp³-hybridized carbons (Fsp3) is 0.300. The number of anilines is 1. The Balaban J connectivity index is 1.89. The molecule has 1 atom stereocenters. The van der Waals surface area contributed by atoms with E-state index in [4.69, 9.17) is 21.1 Å². The van der Waals surface area contributed by atoms with Gasteiger partial charge < -0.3 is 30.0 Å². The molecule has 2 aromatic rings. The first-order chi connectivity index (χ1) is 13.4. The fourth-order valence-electron chi connectivity index (χ4n) is 2.73. The number of ether oxygens (including phenoxy) is 2. The molecule has 0 aromatic heterocycles. The lowest BCUT2D eigenvalue weighted by Crippen LogP contribution is -2.93. The molecule has 3 N–H and O–H groups in total. The number of nitrogens with two attached hydrogens (primary N) is 1. The highest BCUT2D eigenvalue weighted by Gasteiger charge is 2.18. The van der Waals surface area contributed by atoms with Gasteiger partial charge in [-0.2, -0.15) is 0 Å². The van der Waals surface area contributed by atoms with Crippen LogP contribution in [0, 0.1) is 0 Å². The lowest BCUT2D eigenvalue weighted by molar-refractivity contribution is -0.682. The molecule has 0 saturated carbocycles. The third-order valence-corrected chi connectivity index (χ3v) is 4.38. The summed E-state index contributed by atoms with van der Waals surface area (Å²) in [7, 11) is 3.11. The quantitative estimate of drug-likeness (QED) is 0.601. The van der Waals surface area contributed by atoms with Crippen molar-refractivity contribution < 1.29 is 29.5 Å². The van der Waals surface area contributed by atoms with Crippen LogP contribution in [-0.2, 0) is 16.0 Å². The minimum absolute atomic E-state index is 0.208. The third kappa shape index (κ3) is 6.44. The molecule has 2 aromatic carbocycles. The zero-order valence-corrected chi connectivity index (χ0v) is 16.5. The number of hydrogen-bond acceptors (Lipinski definition) is 5. The molecule has 0 aliphatic heterocycles. The first-order valence-electron chi connectivity index (χ1n) is 8.73. The van der Waals surface area contributed by atoms with Crippen LogP contribution in [0.15, 0.2) is 42.5 Å². The van der Waals surface area contributed by atoms with Crippen LogP contribution in [0.1, 0.15) is 12.0 Å². The highest BCUT2D eigenvalue weighted by Crippen LogP contribution is 2.27. The number of quaternary nitrogens is 1. The van der Waals surface area contributed by atoms with Crippen LogP contribution >= 0.6 is 11.6 Å². The number of benzene rings is 2. The maximum absolute atomic E-state index is 12.1. The smallest absolute Gasteiger partial charge is 0.230 e. The minimum Gasteiger partial charge on any atom is -0.544 e. The molecule has 0 heterocycles. The summed E-state index contributed by atoms with van der Waals surface area (Å²) in [6.07, 6.45) is 0.390. The molecule has 7 nitrogen and oxygen atoms in total. The summed E-state index contributed by atoms with van der Waals surface area (Å²) in [6.45, 7) is 0.471. The molecule has 0 bridgehead atoms. The third-order valence-electron chi connectivity index (χ3n) is 4.15. The molecule has 0 spiro atoms.